The van der Waals surface area contributed by atoms with Gasteiger partial charge in [0.15, 0.2) is 11.2 Å². The Morgan fingerprint density at radius 3 is 2.89 bits per heavy atom. The average Bonchev–Trinajstić information content (AvgIpc) is 2.83. The molecule has 0 bridgehead atoms. The summed E-state index contributed by atoms with van der Waals surface area (Å²) >= 11 is 0. The van der Waals surface area contributed by atoms with Gasteiger partial charge in [0.2, 0.25) is 0 Å². The van der Waals surface area contributed by atoms with Crippen LogP contribution in [0.5, 0.6) is 0 Å². The Labute approximate surface area is 107 Å². The van der Waals surface area contributed by atoms with Gasteiger partial charge < -0.3 is 10.3 Å². The smallest absolute Gasteiger partial charge is 0.262 e. The van der Waals surface area contributed by atoms with E-state index in [0.717, 1.165) is 10.9 Å². The third-order valence-corrected chi connectivity index (χ3v) is 2.77. The number of aromatic amines is 2. The lowest BCUT2D eigenvalue weighted by molar-refractivity contribution is 0.102. The van der Waals surface area contributed by atoms with Crippen LogP contribution < -0.4 is 10.7 Å². The number of amides is 1. The van der Waals surface area contributed by atoms with Crippen molar-refractivity contribution in [1.82, 2.24) is 15.2 Å². The van der Waals surface area contributed by atoms with Crippen molar-refractivity contribution in [2.45, 2.75) is 0 Å². The number of para-hydroxylation sites is 1. The molecule has 0 unspecified atom stereocenters. The quantitative estimate of drug-likeness (QED) is 0.647. The third-order valence-electron chi connectivity index (χ3n) is 2.77. The van der Waals surface area contributed by atoms with Crippen molar-refractivity contribution in [2.24, 2.45) is 0 Å². The molecule has 0 atom stereocenters. The Kier molecular flexibility index (Phi) is 2.60. The fraction of sp³-hybridized carbons (Fsp3) is 0. The second-order valence-corrected chi connectivity index (χ2v) is 3.99. The molecule has 6 heteroatoms. The molecule has 94 valence electrons. The van der Waals surface area contributed by atoms with Crippen molar-refractivity contribution < 1.29 is 4.79 Å². The summed E-state index contributed by atoms with van der Waals surface area (Å²) in [4.78, 5) is 26.2. The van der Waals surface area contributed by atoms with E-state index in [1.807, 2.05) is 24.3 Å². The monoisotopic (exact) mass is 254 g/mol. The van der Waals surface area contributed by atoms with Gasteiger partial charge in [0.25, 0.3) is 5.91 Å². The van der Waals surface area contributed by atoms with Crippen LogP contribution in [0.1, 0.15) is 10.4 Å². The molecule has 0 saturated carbocycles. The number of carbonyl (C=O) groups excluding carboxylic acids is 1. The average molecular weight is 254 g/mol. The molecule has 1 amide bonds. The zero-order valence-electron chi connectivity index (χ0n) is 9.81. The summed E-state index contributed by atoms with van der Waals surface area (Å²) in [5.74, 6) is -0.0806. The van der Waals surface area contributed by atoms with Crippen LogP contribution in [0.4, 0.5) is 5.82 Å². The van der Waals surface area contributed by atoms with Crippen molar-refractivity contribution in [3.63, 3.8) is 0 Å². The van der Waals surface area contributed by atoms with E-state index in [4.69, 9.17) is 0 Å². The van der Waals surface area contributed by atoms with E-state index in [0.29, 0.717) is 5.82 Å². The molecule has 2 aromatic heterocycles. The molecule has 19 heavy (non-hydrogen) atoms. The Morgan fingerprint density at radius 1 is 1.21 bits per heavy atom. The Bertz CT molecular complexity index is 803. The fourth-order valence-corrected chi connectivity index (χ4v) is 1.83. The summed E-state index contributed by atoms with van der Waals surface area (Å²) < 4.78 is 0. The highest BCUT2D eigenvalue weighted by Gasteiger charge is 2.13. The summed E-state index contributed by atoms with van der Waals surface area (Å²) in [6, 6.07) is 8.71. The number of benzene rings is 1. The standard InChI is InChI=1S/C13H10N4O2/c18-11-5-6-14-7-9(11)13(19)15-12-8-3-1-2-4-10(8)16-17-12/h1-7H,(H,14,18)(H2,15,16,17,19). The number of aromatic nitrogens is 3. The summed E-state index contributed by atoms with van der Waals surface area (Å²) in [5, 5.41) is 10.2. The predicted molar refractivity (Wildman–Crippen MR) is 71.1 cm³/mol. The minimum absolute atomic E-state index is 0.0505. The maximum atomic E-state index is 12.0. The van der Waals surface area contributed by atoms with Gasteiger partial charge in [-0.05, 0) is 12.1 Å². The summed E-state index contributed by atoms with van der Waals surface area (Å²) in [6.45, 7) is 0. The Hall–Kier alpha value is -2.89. The van der Waals surface area contributed by atoms with Crippen molar-refractivity contribution in [2.75, 3.05) is 5.32 Å². The predicted octanol–water partition coefficient (Wildman–Crippen LogP) is 1.50. The third kappa shape index (κ3) is 1.99. The molecule has 0 spiro atoms. The van der Waals surface area contributed by atoms with E-state index in [-0.39, 0.29) is 11.0 Å². The van der Waals surface area contributed by atoms with E-state index in [9.17, 15) is 9.59 Å². The molecule has 0 aliphatic heterocycles. The first-order chi connectivity index (χ1) is 9.25. The van der Waals surface area contributed by atoms with Gasteiger partial charge in [-0.25, -0.2) is 0 Å². The molecule has 3 aromatic rings. The highest BCUT2D eigenvalue weighted by Crippen LogP contribution is 2.19. The number of fused-ring (bicyclic) bond motifs is 1. The molecule has 3 rings (SSSR count). The van der Waals surface area contributed by atoms with Crippen molar-refractivity contribution in [3.8, 4) is 0 Å². The largest absolute Gasteiger partial charge is 0.367 e. The molecule has 0 aliphatic carbocycles. The lowest BCUT2D eigenvalue weighted by Crippen LogP contribution is -2.21. The van der Waals surface area contributed by atoms with Gasteiger partial charge in [-0.15, -0.1) is 0 Å². The van der Waals surface area contributed by atoms with E-state index in [1.54, 1.807) is 0 Å². The number of carbonyl (C=O) groups is 1. The van der Waals surface area contributed by atoms with Crippen molar-refractivity contribution in [1.29, 1.82) is 0 Å². The van der Waals surface area contributed by atoms with Gasteiger partial charge in [-0.3, -0.25) is 14.7 Å². The normalized spacial score (nSPS) is 10.5. The first-order valence-corrected chi connectivity index (χ1v) is 5.67. The van der Waals surface area contributed by atoms with Crippen LogP contribution in [0.3, 0.4) is 0 Å². The molecule has 0 radical (unpaired) electrons. The second-order valence-electron chi connectivity index (χ2n) is 3.99. The van der Waals surface area contributed by atoms with Gasteiger partial charge in [0, 0.05) is 23.8 Å². The van der Waals surface area contributed by atoms with Crippen molar-refractivity contribution in [3.05, 3.63) is 58.5 Å². The molecule has 6 nitrogen and oxygen atoms in total. The van der Waals surface area contributed by atoms with E-state index < -0.39 is 5.91 Å². The number of anilines is 1. The molecule has 1 aromatic carbocycles. The number of nitrogens with one attached hydrogen (secondary N) is 3. The zero-order valence-corrected chi connectivity index (χ0v) is 9.81. The van der Waals surface area contributed by atoms with Gasteiger partial charge in [0.1, 0.15) is 5.56 Å². The maximum Gasteiger partial charge on any atom is 0.262 e. The number of H-pyrrole nitrogens is 2. The lowest BCUT2D eigenvalue weighted by Gasteiger charge is -2.01. The number of hydrogen-bond acceptors (Lipinski definition) is 3. The van der Waals surface area contributed by atoms with Crippen LogP contribution >= 0.6 is 0 Å². The van der Waals surface area contributed by atoms with Crippen LogP contribution in [0.15, 0.2) is 47.5 Å². The van der Waals surface area contributed by atoms with E-state index in [2.05, 4.69) is 20.5 Å². The van der Waals surface area contributed by atoms with Crippen LogP contribution in [0.25, 0.3) is 10.9 Å². The summed E-state index contributed by atoms with van der Waals surface area (Å²) in [5.41, 5.74) is 0.533. The summed E-state index contributed by atoms with van der Waals surface area (Å²) in [7, 11) is 0. The highest BCUT2D eigenvalue weighted by molar-refractivity contribution is 6.07. The molecule has 2 heterocycles. The van der Waals surface area contributed by atoms with Gasteiger partial charge >= 0.3 is 0 Å². The lowest BCUT2D eigenvalue weighted by atomic mass is 10.2. The minimum Gasteiger partial charge on any atom is -0.367 e. The van der Waals surface area contributed by atoms with Crippen LogP contribution in [0, 0.1) is 0 Å². The number of pyridine rings is 1. The van der Waals surface area contributed by atoms with Crippen molar-refractivity contribution >= 4 is 22.6 Å². The summed E-state index contributed by atoms with van der Waals surface area (Å²) in [6.07, 6.45) is 2.84. The number of nitrogens with zero attached hydrogens (tertiary/aromatic N) is 1. The number of rotatable bonds is 2. The van der Waals surface area contributed by atoms with Gasteiger partial charge in [-0.2, -0.15) is 5.10 Å². The fourth-order valence-electron chi connectivity index (χ4n) is 1.83. The van der Waals surface area contributed by atoms with Crippen LogP contribution in [-0.4, -0.2) is 21.1 Å². The zero-order chi connectivity index (χ0) is 13.2. The SMILES string of the molecule is O=C(Nc1n[nH]c2ccccc12)c1c[nH]ccc1=O. The Morgan fingerprint density at radius 2 is 2.05 bits per heavy atom. The van der Waals surface area contributed by atoms with E-state index >= 15 is 0 Å². The molecule has 0 saturated heterocycles. The number of hydrogen-bond donors (Lipinski definition) is 3. The molecular weight excluding hydrogens is 244 g/mol. The molecule has 0 aliphatic rings. The molecular formula is C13H10N4O2. The molecule has 0 fully saturated rings. The minimum atomic E-state index is -0.487. The highest BCUT2D eigenvalue weighted by atomic mass is 16.2. The topological polar surface area (TPSA) is 90.6 Å². The van der Waals surface area contributed by atoms with Gasteiger partial charge in [0.05, 0.1) is 5.52 Å². The first kappa shape index (κ1) is 11.2. The van der Waals surface area contributed by atoms with Crippen LogP contribution in [-0.2, 0) is 0 Å². The van der Waals surface area contributed by atoms with Crippen LogP contribution in [0.2, 0.25) is 0 Å². The van der Waals surface area contributed by atoms with Gasteiger partial charge in [-0.1, -0.05) is 12.1 Å². The second kappa shape index (κ2) is 4.41. The first-order valence-electron chi connectivity index (χ1n) is 5.67. The van der Waals surface area contributed by atoms with E-state index in [1.165, 1.54) is 18.5 Å². The molecule has 3 N–H and O–H groups in total. The Balaban J connectivity index is 1.96. The maximum absolute atomic E-state index is 12.0.